The van der Waals surface area contributed by atoms with Crippen LogP contribution in [0.25, 0.3) is 0 Å². The fraction of sp³-hybridized carbons (Fsp3) is 0.231. The van der Waals surface area contributed by atoms with Gasteiger partial charge in [-0.2, -0.15) is 13.2 Å². The molecule has 0 atom stereocenters. The lowest BCUT2D eigenvalue weighted by atomic mass is 9.96. The van der Waals surface area contributed by atoms with Gasteiger partial charge in [-0.25, -0.2) is 4.79 Å². The molecule has 1 aromatic rings. The third kappa shape index (κ3) is 3.17. The van der Waals surface area contributed by atoms with Crippen molar-refractivity contribution in [2.45, 2.75) is 13.1 Å². The Kier molecular flexibility index (Phi) is 4.54. The van der Waals surface area contributed by atoms with E-state index in [0.29, 0.717) is 0 Å². The lowest BCUT2D eigenvalue weighted by Crippen LogP contribution is -2.20. The Hall–Kier alpha value is -2.31. The van der Waals surface area contributed by atoms with Crippen LogP contribution in [-0.2, 0) is 11.0 Å². The molecule has 1 rings (SSSR count). The molecule has 0 fully saturated rings. The molecular weight excluding hydrogens is 273 g/mol. The molecule has 0 radical (unpaired) electrons. The second kappa shape index (κ2) is 5.77. The van der Waals surface area contributed by atoms with Gasteiger partial charge < -0.3 is 10.8 Å². The van der Waals surface area contributed by atoms with Crippen LogP contribution in [0.4, 0.5) is 13.2 Å². The zero-order valence-corrected chi connectivity index (χ0v) is 10.8. The number of aliphatic imine (C=N–C) groups is 1. The number of carboxylic acids is 1. The summed E-state index contributed by atoms with van der Waals surface area (Å²) in [4.78, 5) is 14.6. The lowest BCUT2D eigenvalue weighted by molar-refractivity contribution is -0.137. The summed E-state index contributed by atoms with van der Waals surface area (Å²) in [5, 5.41) is 8.81. The normalized spacial score (nSPS) is 13.9. The molecule has 108 valence electrons. The number of nitrogens with zero attached hydrogens (tertiary/aromatic N) is 1. The first-order chi connectivity index (χ1) is 9.20. The van der Waals surface area contributed by atoms with Crippen molar-refractivity contribution >= 4 is 11.7 Å². The molecule has 3 N–H and O–H groups in total. The SMILES string of the molecule is CN=C(C(C)=C(N)C(=O)O)c1ccccc1C(F)(F)F. The van der Waals surface area contributed by atoms with Crippen molar-refractivity contribution in [3.05, 3.63) is 46.7 Å². The second-order valence-electron chi connectivity index (χ2n) is 3.96. The van der Waals surface area contributed by atoms with Gasteiger partial charge in [-0.15, -0.1) is 0 Å². The van der Waals surface area contributed by atoms with Crippen molar-refractivity contribution in [3.63, 3.8) is 0 Å². The number of carboxylic acid groups (broad SMARTS) is 1. The number of hydrogen-bond donors (Lipinski definition) is 2. The van der Waals surface area contributed by atoms with Gasteiger partial charge in [0.05, 0.1) is 11.3 Å². The van der Waals surface area contributed by atoms with Gasteiger partial charge in [0.1, 0.15) is 5.70 Å². The van der Waals surface area contributed by atoms with Crippen LogP contribution in [0.5, 0.6) is 0 Å². The Labute approximate surface area is 113 Å². The molecule has 7 heteroatoms. The Bertz CT molecular complexity index is 590. The highest BCUT2D eigenvalue weighted by Gasteiger charge is 2.34. The van der Waals surface area contributed by atoms with Gasteiger partial charge in [0.2, 0.25) is 0 Å². The zero-order chi connectivity index (χ0) is 15.5. The number of hydrogen-bond acceptors (Lipinski definition) is 3. The smallest absolute Gasteiger partial charge is 0.417 e. The summed E-state index contributed by atoms with van der Waals surface area (Å²) >= 11 is 0. The van der Waals surface area contributed by atoms with E-state index in [0.717, 1.165) is 6.07 Å². The quantitative estimate of drug-likeness (QED) is 0.662. The minimum absolute atomic E-state index is 0.0169. The molecule has 0 heterocycles. The van der Waals surface area contributed by atoms with Crippen LogP contribution >= 0.6 is 0 Å². The van der Waals surface area contributed by atoms with Crippen molar-refractivity contribution in [2.24, 2.45) is 10.7 Å². The minimum atomic E-state index is -4.56. The van der Waals surface area contributed by atoms with Crippen molar-refractivity contribution in [3.8, 4) is 0 Å². The van der Waals surface area contributed by atoms with Crippen molar-refractivity contribution in [1.82, 2.24) is 0 Å². The third-order valence-corrected chi connectivity index (χ3v) is 2.70. The average Bonchev–Trinajstić information content (AvgIpc) is 2.37. The van der Waals surface area contributed by atoms with E-state index < -0.39 is 23.4 Å². The zero-order valence-electron chi connectivity index (χ0n) is 10.8. The van der Waals surface area contributed by atoms with Crippen LogP contribution in [0.2, 0.25) is 0 Å². The summed E-state index contributed by atoms with van der Waals surface area (Å²) in [6, 6.07) is 4.80. The molecule has 0 bridgehead atoms. The van der Waals surface area contributed by atoms with Crippen LogP contribution in [0.3, 0.4) is 0 Å². The molecule has 0 unspecified atom stereocenters. The Morgan fingerprint density at radius 3 is 2.30 bits per heavy atom. The molecule has 0 saturated heterocycles. The molecule has 0 aliphatic rings. The maximum absolute atomic E-state index is 12.9. The van der Waals surface area contributed by atoms with E-state index in [1.165, 1.54) is 32.2 Å². The van der Waals surface area contributed by atoms with Crippen molar-refractivity contribution in [2.75, 3.05) is 7.05 Å². The molecule has 0 aromatic heterocycles. The van der Waals surface area contributed by atoms with Gasteiger partial charge in [-0.1, -0.05) is 18.2 Å². The Morgan fingerprint density at radius 1 is 1.30 bits per heavy atom. The van der Waals surface area contributed by atoms with Crippen LogP contribution in [0.15, 0.2) is 40.5 Å². The summed E-state index contributed by atoms with van der Waals surface area (Å²) in [5.41, 5.74) is 3.60. The molecule has 0 aliphatic heterocycles. The standard InChI is InChI=1S/C13H13F3N2O2/c1-7(10(17)12(19)20)11(18-2)8-5-3-4-6-9(8)13(14,15)16/h3-6H,17H2,1-2H3,(H,19,20). The number of benzene rings is 1. The first-order valence-electron chi connectivity index (χ1n) is 5.53. The minimum Gasteiger partial charge on any atom is -0.477 e. The van der Waals surface area contributed by atoms with E-state index in [1.807, 2.05) is 0 Å². The van der Waals surface area contributed by atoms with Gasteiger partial charge >= 0.3 is 12.1 Å². The van der Waals surface area contributed by atoms with Crippen molar-refractivity contribution in [1.29, 1.82) is 0 Å². The first-order valence-corrected chi connectivity index (χ1v) is 5.53. The Balaban J connectivity index is 3.51. The van der Waals surface area contributed by atoms with Gasteiger partial charge in [0, 0.05) is 18.2 Å². The van der Waals surface area contributed by atoms with Crippen molar-refractivity contribution < 1.29 is 23.1 Å². The summed E-state index contributed by atoms with van der Waals surface area (Å²) in [5.74, 6) is -1.41. The maximum atomic E-state index is 12.9. The molecule has 4 nitrogen and oxygen atoms in total. The van der Waals surface area contributed by atoms with Gasteiger partial charge in [-0.05, 0) is 13.0 Å². The summed E-state index contributed by atoms with van der Waals surface area (Å²) in [7, 11) is 1.28. The fourth-order valence-electron chi connectivity index (χ4n) is 1.71. The first kappa shape index (κ1) is 15.7. The predicted molar refractivity (Wildman–Crippen MR) is 68.4 cm³/mol. The summed E-state index contributed by atoms with van der Waals surface area (Å²) < 4.78 is 38.8. The molecule has 1 aromatic carbocycles. The van der Waals surface area contributed by atoms with Gasteiger partial charge in [0.15, 0.2) is 0 Å². The lowest BCUT2D eigenvalue weighted by Gasteiger charge is -2.15. The summed E-state index contributed by atoms with van der Waals surface area (Å²) in [6.07, 6.45) is -4.56. The van der Waals surface area contributed by atoms with E-state index >= 15 is 0 Å². The number of rotatable bonds is 3. The molecule has 0 spiro atoms. The highest BCUT2D eigenvalue weighted by atomic mass is 19.4. The second-order valence-corrected chi connectivity index (χ2v) is 3.96. The van der Waals surface area contributed by atoms with E-state index in [1.54, 1.807) is 0 Å². The fourth-order valence-corrected chi connectivity index (χ4v) is 1.71. The third-order valence-electron chi connectivity index (χ3n) is 2.70. The number of allylic oxidation sites excluding steroid dienone is 1. The van der Waals surface area contributed by atoms with E-state index in [9.17, 15) is 18.0 Å². The van der Waals surface area contributed by atoms with E-state index in [2.05, 4.69) is 4.99 Å². The van der Waals surface area contributed by atoms with Crippen LogP contribution in [0.1, 0.15) is 18.1 Å². The van der Waals surface area contributed by atoms with Crippen LogP contribution in [-0.4, -0.2) is 23.8 Å². The van der Waals surface area contributed by atoms with Gasteiger partial charge in [0.25, 0.3) is 0 Å². The molecule has 0 saturated carbocycles. The molecule has 0 amide bonds. The number of halogens is 3. The molecular formula is C13H13F3N2O2. The number of nitrogens with two attached hydrogens (primary N) is 1. The van der Waals surface area contributed by atoms with Crippen LogP contribution < -0.4 is 5.73 Å². The predicted octanol–water partition coefficient (Wildman–Crippen LogP) is 2.44. The van der Waals surface area contributed by atoms with E-state index in [-0.39, 0.29) is 16.8 Å². The Morgan fingerprint density at radius 2 is 1.85 bits per heavy atom. The number of aliphatic carboxylic acids is 1. The van der Waals surface area contributed by atoms with Crippen LogP contribution in [0, 0.1) is 0 Å². The average molecular weight is 286 g/mol. The number of carbonyl (C=O) groups is 1. The summed E-state index contributed by atoms with van der Waals surface area (Å²) in [6.45, 7) is 1.32. The number of alkyl halides is 3. The maximum Gasteiger partial charge on any atom is 0.417 e. The monoisotopic (exact) mass is 286 g/mol. The topological polar surface area (TPSA) is 75.7 Å². The van der Waals surface area contributed by atoms with Gasteiger partial charge in [-0.3, -0.25) is 4.99 Å². The molecule has 20 heavy (non-hydrogen) atoms. The molecule has 0 aliphatic carbocycles. The van der Waals surface area contributed by atoms with E-state index in [4.69, 9.17) is 10.8 Å². The largest absolute Gasteiger partial charge is 0.477 e. The highest BCUT2D eigenvalue weighted by molar-refractivity contribution is 6.16. The highest BCUT2D eigenvalue weighted by Crippen LogP contribution is 2.33.